The molecule has 0 amide bonds. The number of hydrogen-bond acceptors (Lipinski definition) is 2. The van der Waals surface area contributed by atoms with Gasteiger partial charge in [0.25, 0.3) is 0 Å². The van der Waals surface area contributed by atoms with E-state index in [0.717, 1.165) is 5.69 Å². The SMILES string of the molecule is CC(NC1CCCCC1c1ccccc1)c1ccccn1. The Hall–Kier alpha value is -1.67. The summed E-state index contributed by atoms with van der Waals surface area (Å²) < 4.78 is 0. The van der Waals surface area contributed by atoms with E-state index in [9.17, 15) is 0 Å². The molecule has 21 heavy (non-hydrogen) atoms. The van der Waals surface area contributed by atoms with E-state index in [-0.39, 0.29) is 0 Å². The molecule has 1 aromatic heterocycles. The van der Waals surface area contributed by atoms with Crippen molar-refractivity contribution in [3.63, 3.8) is 0 Å². The lowest BCUT2D eigenvalue weighted by Crippen LogP contribution is -2.38. The Morgan fingerprint density at radius 1 is 1.00 bits per heavy atom. The van der Waals surface area contributed by atoms with Crippen LogP contribution in [0.3, 0.4) is 0 Å². The summed E-state index contributed by atoms with van der Waals surface area (Å²) in [5, 5.41) is 3.82. The van der Waals surface area contributed by atoms with E-state index in [1.807, 2.05) is 12.3 Å². The number of nitrogens with one attached hydrogen (secondary N) is 1. The largest absolute Gasteiger partial charge is 0.305 e. The number of nitrogens with zero attached hydrogens (tertiary/aromatic N) is 1. The van der Waals surface area contributed by atoms with Gasteiger partial charge >= 0.3 is 0 Å². The first-order valence-electron chi connectivity index (χ1n) is 8.06. The van der Waals surface area contributed by atoms with Gasteiger partial charge in [-0.05, 0) is 43.4 Å². The van der Waals surface area contributed by atoms with Gasteiger partial charge in [0.2, 0.25) is 0 Å². The van der Waals surface area contributed by atoms with Crippen LogP contribution in [0.5, 0.6) is 0 Å². The van der Waals surface area contributed by atoms with E-state index in [1.165, 1.54) is 31.2 Å². The second-order valence-electron chi connectivity index (χ2n) is 6.05. The Labute approximate surface area is 127 Å². The van der Waals surface area contributed by atoms with Gasteiger partial charge in [-0.2, -0.15) is 0 Å². The van der Waals surface area contributed by atoms with Crippen molar-refractivity contribution in [1.29, 1.82) is 0 Å². The van der Waals surface area contributed by atoms with Crippen molar-refractivity contribution in [3.8, 4) is 0 Å². The highest BCUT2D eigenvalue weighted by Gasteiger charge is 2.27. The van der Waals surface area contributed by atoms with Gasteiger partial charge < -0.3 is 5.32 Å². The second kappa shape index (κ2) is 6.86. The fourth-order valence-electron chi connectivity index (χ4n) is 3.47. The summed E-state index contributed by atoms with van der Waals surface area (Å²) >= 11 is 0. The summed E-state index contributed by atoms with van der Waals surface area (Å²) in [4.78, 5) is 4.48. The summed E-state index contributed by atoms with van der Waals surface area (Å²) in [5.41, 5.74) is 2.61. The van der Waals surface area contributed by atoms with Crippen molar-refractivity contribution in [2.75, 3.05) is 0 Å². The Bertz CT molecular complexity index is 538. The fourth-order valence-corrected chi connectivity index (χ4v) is 3.47. The van der Waals surface area contributed by atoms with Gasteiger partial charge in [-0.15, -0.1) is 0 Å². The van der Waals surface area contributed by atoms with Crippen molar-refractivity contribution in [2.45, 2.75) is 50.6 Å². The molecule has 3 rings (SSSR count). The van der Waals surface area contributed by atoms with Crippen LogP contribution in [0.2, 0.25) is 0 Å². The lowest BCUT2D eigenvalue weighted by atomic mass is 9.79. The molecule has 2 aromatic rings. The Morgan fingerprint density at radius 3 is 2.52 bits per heavy atom. The van der Waals surface area contributed by atoms with Crippen LogP contribution in [0.25, 0.3) is 0 Å². The van der Waals surface area contributed by atoms with Crippen LogP contribution >= 0.6 is 0 Å². The summed E-state index contributed by atoms with van der Waals surface area (Å²) in [7, 11) is 0. The molecule has 1 aliphatic rings. The van der Waals surface area contributed by atoms with Gasteiger partial charge in [0, 0.05) is 18.3 Å². The number of hydrogen-bond donors (Lipinski definition) is 1. The Balaban J connectivity index is 1.73. The Kier molecular flexibility index (Phi) is 4.66. The lowest BCUT2D eigenvalue weighted by Gasteiger charge is -2.34. The molecule has 0 radical (unpaired) electrons. The molecule has 1 saturated carbocycles. The molecule has 1 heterocycles. The van der Waals surface area contributed by atoms with Gasteiger partial charge in [-0.1, -0.05) is 49.2 Å². The maximum atomic E-state index is 4.48. The van der Waals surface area contributed by atoms with Crippen molar-refractivity contribution >= 4 is 0 Å². The third-order valence-electron chi connectivity index (χ3n) is 4.59. The lowest BCUT2D eigenvalue weighted by molar-refractivity contribution is 0.304. The molecular formula is C19H24N2. The van der Waals surface area contributed by atoms with Crippen LogP contribution in [0.4, 0.5) is 0 Å². The molecule has 3 unspecified atom stereocenters. The molecule has 2 heteroatoms. The highest BCUT2D eigenvalue weighted by molar-refractivity contribution is 5.22. The molecule has 1 aromatic carbocycles. The van der Waals surface area contributed by atoms with E-state index >= 15 is 0 Å². The predicted octanol–water partition coefficient (Wildman–Crippen LogP) is 4.46. The summed E-state index contributed by atoms with van der Waals surface area (Å²) in [6.07, 6.45) is 7.10. The summed E-state index contributed by atoms with van der Waals surface area (Å²) in [6.45, 7) is 2.22. The molecule has 110 valence electrons. The van der Waals surface area contributed by atoms with Gasteiger partial charge in [-0.3, -0.25) is 4.98 Å². The third-order valence-corrected chi connectivity index (χ3v) is 4.59. The number of aromatic nitrogens is 1. The molecule has 1 aliphatic carbocycles. The van der Waals surface area contributed by atoms with E-state index in [4.69, 9.17) is 0 Å². The van der Waals surface area contributed by atoms with Crippen molar-refractivity contribution in [1.82, 2.24) is 10.3 Å². The van der Waals surface area contributed by atoms with Crippen LogP contribution < -0.4 is 5.32 Å². The molecule has 0 saturated heterocycles. The first-order valence-corrected chi connectivity index (χ1v) is 8.06. The highest BCUT2D eigenvalue weighted by atomic mass is 15.0. The highest BCUT2D eigenvalue weighted by Crippen LogP contribution is 2.34. The van der Waals surface area contributed by atoms with Crippen LogP contribution in [-0.2, 0) is 0 Å². The number of rotatable bonds is 4. The minimum atomic E-state index is 0.306. The molecule has 1 N–H and O–H groups in total. The van der Waals surface area contributed by atoms with Crippen LogP contribution in [-0.4, -0.2) is 11.0 Å². The number of benzene rings is 1. The molecule has 0 bridgehead atoms. The normalized spacial score (nSPS) is 23.7. The molecular weight excluding hydrogens is 256 g/mol. The average molecular weight is 280 g/mol. The molecule has 2 nitrogen and oxygen atoms in total. The zero-order valence-electron chi connectivity index (χ0n) is 12.7. The number of pyridine rings is 1. The van der Waals surface area contributed by atoms with E-state index in [2.05, 4.69) is 59.7 Å². The van der Waals surface area contributed by atoms with Crippen molar-refractivity contribution in [3.05, 3.63) is 66.0 Å². The van der Waals surface area contributed by atoms with Gasteiger partial charge in [0.05, 0.1) is 5.69 Å². The van der Waals surface area contributed by atoms with E-state index in [0.29, 0.717) is 18.0 Å². The Morgan fingerprint density at radius 2 is 1.76 bits per heavy atom. The fraction of sp³-hybridized carbons (Fsp3) is 0.421. The minimum Gasteiger partial charge on any atom is -0.305 e. The monoisotopic (exact) mass is 280 g/mol. The maximum Gasteiger partial charge on any atom is 0.0570 e. The minimum absolute atomic E-state index is 0.306. The van der Waals surface area contributed by atoms with Gasteiger partial charge in [0.15, 0.2) is 0 Å². The molecule has 1 fully saturated rings. The van der Waals surface area contributed by atoms with Gasteiger partial charge in [-0.25, -0.2) is 0 Å². The van der Waals surface area contributed by atoms with Crippen LogP contribution in [0.15, 0.2) is 54.7 Å². The zero-order valence-corrected chi connectivity index (χ0v) is 12.7. The predicted molar refractivity (Wildman–Crippen MR) is 87.2 cm³/mol. The molecule has 0 spiro atoms. The second-order valence-corrected chi connectivity index (χ2v) is 6.05. The van der Waals surface area contributed by atoms with E-state index < -0.39 is 0 Å². The molecule has 0 aliphatic heterocycles. The third kappa shape index (κ3) is 3.51. The smallest absolute Gasteiger partial charge is 0.0570 e. The van der Waals surface area contributed by atoms with Crippen LogP contribution in [0.1, 0.15) is 55.8 Å². The van der Waals surface area contributed by atoms with Crippen LogP contribution in [0, 0.1) is 0 Å². The quantitative estimate of drug-likeness (QED) is 0.894. The van der Waals surface area contributed by atoms with Crippen molar-refractivity contribution < 1.29 is 0 Å². The average Bonchev–Trinajstić information content (AvgIpc) is 2.57. The maximum absolute atomic E-state index is 4.48. The first kappa shape index (κ1) is 14.3. The summed E-state index contributed by atoms with van der Waals surface area (Å²) in [6, 6.07) is 18.0. The van der Waals surface area contributed by atoms with Crippen molar-refractivity contribution in [2.24, 2.45) is 0 Å². The van der Waals surface area contributed by atoms with E-state index in [1.54, 1.807) is 0 Å². The summed E-state index contributed by atoms with van der Waals surface area (Å²) in [5.74, 6) is 0.631. The van der Waals surface area contributed by atoms with Gasteiger partial charge in [0.1, 0.15) is 0 Å². The first-order chi connectivity index (χ1) is 10.3. The topological polar surface area (TPSA) is 24.9 Å². The standard InChI is InChI=1S/C19H24N2/c1-15(18-12-7-8-14-20-18)21-19-13-6-5-11-17(19)16-9-3-2-4-10-16/h2-4,7-10,12,14-15,17,19,21H,5-6,11,13H2,1H3. The zero-order chi connectivity index (χ0) is 14.5. The molecule has 3 atom stereocenters.